The average Bonchev–Trinajstić information content (AvgIpc) is 3.43. The van der Waals surface area contributed by atoms with Gasteiger partial charge in [0.2, 0.25) is 0 Å². The number of thiophene rings is 1. The first-order chi connectivity index (χ1) is 17.9. The molecule has 1 aromatic rings. The van der Waals surface area contributed by atoms with Gasteiger partial charge in [-0.15, -0.1) is 11.3 Å². The molecule has 208 valence electrons. The van der Waals surface area contributed by atoms with E-state index in [2.05, 4.69) is 31.3 Å². The third kappa shape index (κ3) is 12.9. The number of aliphatic carboxylic acids is 1. The lowest BCUT2D eigenvalue weighted by Crippen LogP contribution is -2.25. The first-order valence-electron chi connectivity index (χ1n) is 12.8. The highest BCUT2D eigenvalue weighted by atomic mass is 32.1. The number of nitrogens with one attached hydrogen (secondary N) is 1. The molecule has 1 aromatic heterocycles. The quantitative estimate of drug-likeness (QED) is 0.199. The summed E-state index contributed by atoms with van der Waals surface area (Å²) >= 11 is 1.41. The summed E-state index contributed by atoms with van der Waals surface area (Å²) < 4.78 is 28.3. The molecule has 1 amide bonds. The minimum atomic E-state index is -0.939. The van der Waals surface area contributed by atoms with Crippen molar-refractivity contribution in [1.82, 2.24) is 5.32 Å². The molecule has 1 aliphatic rings. The standard InChI is InChI=1S/C26H34FNO4S.C2H6.CH3F/c1-4-20(23-12-13-24(33-23)26(31)28-15-14-25(29)30)17-32-22(5-2)11-6-18(3)21-9-7-19(16-27)8-10-21;2*1-2/h5-7,9-13,18-20H,4,8,14-17H2,1-3H3,(H,28,31)(H,29,30);1-2H3;1H3/b11-6-,22-5+;;. The van der Waals surface area contributed by atoms with Crippen LogP contribution in [0.2, 0.25) is 0 Å². The number of hydrogen-bond acceptors (Lipinski definition) is 4. The second kappa shape index (κ2) is 20.3. The van der Waals surface area contributed by atoms with Gasteiger partial charge in [-0.05, 0) is 55.5 Å². The van der Waals surface area contributed by atoms with E-state index < -0.39 is 5.97 Å². The Balaban J connectivity index is 0.00000308. The Kier molecular flexibility index (Phi) is 18.8. The number of amides is 1. The zero-order valence-corrected chi connectivity index (χ0v) is 23.7. The van der Waals surface area contributed by atoms with E-state index in [4.69, 9.17) is 9.84 Å². The van der Waals surface area contributed by atoms with Crippen molar-refractivity contribution in [3.8, 4) is 0 Å². The van der Waals surface area contributed by atoms with Gasteiger partial charge in [0, 0.05) is 23.3 Å². The predicted molar refractivity (Wildman–Crippen MR) is 150 cm³/mol. The summed E-state index contributed by atoms with van der Waals surface area (Å²) in [6, 6.07) is 3.71. The second-order valence-electron chi connectivity index (χ2n) is 8.07. The molecule has 3 unspecified atom stereocenters. The smallest absolute Gasteiger partial charge is 0.305 e. The van der Waals surface area contributed by atoms with Gasteiger partial charge in [-0.1, -0.05) is 52.0 Å². The van der Waals surface area contributed by atoms with Crippen LogP contribution >= 0.6 is 11.3 Å². The third-order valence-corrected chi connectivity index (χ3v) is 6.84. The summed E-state index contributed by atoms with van der Waals surface area (Å²) in [4.78, 5) is 24.4. The number of hydrogen-bond donors (Lipinski definition) is 2. The van der Waals surface area contributed by atoms with Gasteiger partial charge >= 0.3 is 5.97 Å². The van der Waals surface area contributed by atoms with Gasteiger partial charge in [0.25, 0.3) is 5.91 Å². The molecule has 5 nitrogen and oxygen atoms in total. The first kappa shape index (κ1) is 34.3. The van der Waals surface area contributed by atoms with Crippen LogP contribution in [-0.2, 0) is 9.53 Å². The van der Waals surface area contributed by atoms with Crippen molar-refractivity contribution in [2.45, 2.75) is 59.8 Å². The normalized spacial score (nSPS) is 16.5. The van der Waals surface area contributed by atoms with E-state index in [1.54, 1.807) is 6.07 Å². The highest BCUT2D eigenvalue weighted by Crippen LogP contribution is 2.29. The van der Waals surface area contributed by atoms with Gasteiger partial charge in [-0.3, -0.25) is 18.4 Å². The fourth-order valence-electron chi connectivity index (χ4n) is 3.37. The molecule has 0 aliphatic heterocycles. The molecule has 3 atom stereocenters. The van der Waals surface area contributed by atoms with Crippen LogP contribution in [0.3, 0.4) is 0 Å². The number of carboxylic acid groups (broad SMARTS) is 1. The van der Waals surface area contributed by atoms with Crippen molar-refractivity contribution in [3.05, 3.63) is 69.7 Å². The Morgan fingerprint density at radius 3 is 2.54 bits per heavy atom. The molecular formula is C29H43F2NO4S. The maximum Gasteiger partial charge on any atom is 0.305 e. The largest absolute Gasteiger partial charge is 0.493 e. The summed E-state index contributed by atoms with van der Waals surface area (Å²) in [7, 11) is 0.500. The summed E-state index contributed by atoms with van der Waals surface area (Å²) in [5.41, 5.74) is 1.19. The molecule has 0 fully saturated rings. The Morgan fingerprint density at radius 2 is 2.00 bits per heavy atom. The molecule has 1 heterocycles. The highest BCUT2D eigenvalue weighted by molar-refractivity contribution is 7.14. The molecule has 2 rings (SSSR count). The van der Waals surface area contributed by atoms with Crippen LogP contribution in [-0.4, -0.2) is 44.0 Å². The van der Waals surface area contributed by atoms with Crippen LogP contribution in [0.25, 0.3) is 0 Å². The Morgan fingerprint density at radius 1 is 1.30 bits per heavy atom. The fraction of sp³-hybridized carbons (Fsp3) is 0.517. The van der Waals surface area contributed by atoms with Gasteiger partial charge in [-0.25, -0.2) is 0 Å². The van der Waals surface area contributed by atoms with E-state index in [9.17, 15) is 18.4 Å². The number of allylic oxidation sites excluding steroid dienone is 7. The summed E-state index contributed by atoms with van der Waals surface area (Å²) in [6.45, 7) is 10.4. The fourth-order valence-corrected chi connectivity index (χ4v) is 4.47. The van der Waals surface area contributed by atoms with Gasteiger partial charge in [-0.2, -0.15) is 0 Å². The van der Waals surface area contributed by atoms with Crippen molar-refractivity contribution >= 4 is 23.2 Å². The van der Waals surface area contributed by atoms with Gasteiger partial charge in [0.1, 0.15) is 5.76 Å². The topological polar surface area (TPSA) is 75.6 Å². The summed E-state index contributed by atoms with van der Waals surface area (Å²) in [6.07, 6.45) is 13.6. The zero-order valence-electron chi connectivity index (χ0n) is 22.9. The van der Waals surface area contributed by atoms with Crippen LogP contribution in [0.5, 0.6) is 0 Å². The maximum atomic E-state index is 12.8. The number of carbonyl (C=O) groups excluding carboxylic acids is 1. The molecule has 0 aromatic carbocycles. The van der Waals surface area contributed by atoms with Crippen LogP contribution < -0.4 is 5.32 Å². The number of ether oxygens (including phenoxy) is 1. The van der Waals surface area contributed by atoms with E-state index in [-0.39, 0.29) is 43.3 Å². The average molecular weight is 540 g/mol. The highest BCUT2D eigenvalue weighted by Gasteiger charge is 2.17. The summed E-state index contributed by atoms with van der Waals surface area (Å²) in [5, 5.41) is 11.3. The van der Waals surface area contributed by atoms with E-state index in [0.29, 0.717) is 18.7 Å². The molecule has 0 spiro atoms. The van der Waals surface area contributed by atoms with E-state index in [0.717, 1.165) is 23.5 Å². The lowest BCUT2D eigenvalue weighted by Gasteiger charge is -2.17. The SMILES string of the molecule is C/C=C(\C=C/C(C)C1=CCC(CF)C=C1)OCC(CC)c1ccc(C(=O)NCCC(=O)O)s1.CC.CF. The van der Waals surface area contributed by atoms with Crippen molar-refractivity contribution < 1.29 is 28.2 Å². The molecule has 0 radical (unpaired) electrons. The van der Waals surface area contributed by atoms with Crippen LogP contribution in [0.15, 0.2) is 59.9 Å². The minimum Gasteiger partial charge on any atom is -0.493 e. The van der Waals surface area contributed by atoms with E-state index in [1.165, 1.54) is 16.9 Å². The van der Waals surface area contributed by atoms with Crippen LogP contribution in [0, 0.1) is 11.8 Å². The first-order valence-corrected chi connectivity index (χ1v) is 13.6. The van der Waals surface area contributed by atoms with Crippen molar-refractivity contribution in [1.29, 1.82) is 0 Å². The number of halogens is 2. The van der Waals surface area contributed by atoms with Crippen LogP contribution in [0.4, 0.5) is 8.78 Å². The zero-order chi connectivity index (χ0) is 28.2. The molecule has 0 saturated carbocycles. The lowest BCUT2D eigenvalue weighted by molar-refractivity contribution is -0.136. The van der Waals surface area contributed by atoms with Gasteiger partial charge in [0.15, 0.2) is 0 Å². The Hall–Kier alpha value is -2.74. The third-order valence-electron chi connectivity index (χ3n) is 5.60. The number of carbonyl (C=O) groups is 2. The van der Waals surface area contributed by atoms with E-state index >= 15 is 0 Å². The molecule has 2 N–H and O–H groups in total. The Bertz CT molecular complexity index is 921. The van der Waals surface area contributed by atoms with Gasteiger partial charge < -0.3 is 15.2 Å². The van der Waals surface area contributed by atoms with Crippen LogP contribution in [0.1, 0.15) is 74.3 Å². The van der Waals surface area contributed by atoms with Crippen molar-refractivity contribution in [3.63, 3.8) is 0 Å². The summed E-state index contributed by atoms with van der Waals surface area (Å²) in [5.74, 6) is -0.0478. The molecule has 1 aliphatic carbocycles. The number of rotatable bonds is 13. The predicted octanol–water partition coefficient (Wildman–Crippen LogP) is 7.64. The van der Waals surface area contributed by atoms with Crippen molar-refractivity contribution in [2.24, 2.45) is 11.8 Å². The minimum absolute atomic E-state index is 0.000997. The molecular weight excluding hydrogens is 496 g/mol. The molecule has 0 bridgehead atoms. The molecule has 0 saturated heterocycles. The number of alkyl halides is 2. The lowest BCUT2D eigenvalue weighted by atomic mass is 9.91. The number of carboxylic acids is 1. The Labute approximate surface area is 225 Å². The second-order valence-corrected chi connectivity index (χ2v) is 9.19. The maximum absolute atomic E-state index is 12.8. The molecule has 8 heteroatoms. The molecule has 37 heavy (non-hydrogen) atoms. The van der Waals surface area contributed by atoms with Crippen molar-refractivity contribution in [2.75, 3.05) is 27.0 Å². The van der Waals surface area contributed by atoms with E-state index in [1.807, 2.05) is 51.1 Å². The van der Waals surface area contributed by atoms with Gasteiger partial charge in [0.05, 0.1) is 31.8 Å². The monoisotopic (exact) mass is 539 g/mol.